The smallest absolute Gasteiger partial charge is 0.114 e. The molecule has 0 radical (unpaired) electrons. The van der Waals surface area contributed by atoms with E-state index in [9.17, 15) is 5.26 Å². The van der Waals surface area contributed by atoms with Crippen LogP contribution < -0.4 is 0 Å². The van der Waals surface area contributed by atoms with E-state index in [1.54, 1.807) is 7.11 Å². The summed E-state index contributed by atoms with van der Waals surface area (Å²) in [6, 6.07) is 2.44. The highest BCUT2D eigenvalue weighted by Gasteiger charge is 2.49. The fourth-order valence-electron chi connectivity index (χ4n) is 2.27. The highest BCUT2D eigenvalue weighted by Crippen LogP contribution is 2.39. The molecule has 1 aliphatic heterocycles. The van der Waals surface area contributed by atoms with Crippen LogP contribution in [-0.2, 0) is 9.47 Å². The number of morpholine rings is 1. The molecule has 14 heavy (non-hydrogen) atoms. The molecule has 4 nitrogen and oxygen atoms in total. The minimum Gasteiger partial charge on any atom is -0.381 e. The monoisotopic (exact) mass is 196 g/mol. The van der Waals surface area contributed by atoms with E-state index in [1.165, 1.54) is 0 Å². The van der Waals surface area contributed by atoms with Gasteiger partial charge in [0, 0.05) is 33.0 Å². The van der Waals surface area contributed by atoms with E-state index in [4.69, 9.17) is 9.47 Å². The lowest BCUT2D eigenvalue weighted by Crippen LogP contribution is -2.61. The molecule has 2 fully saturated rings. The summed E-state index contributed by atoms with van der Waals surface area (Å²) in [5.41, 5.74) is -0.259. The minimum absolute atomic E-state index is 0.259. The Bertz CT molecular complexity index is 237. The van der Waals surface area contributed by atoms with Gasteiger partial charge < -0.3 is 9.47 Å². The third-order valence-corrected chi connectivity index (χ3v) is 3.29. The van der Waals surface area contributed by atoms with E-state index < -0.39 is 0 Å². The van der Waals surface area contributed by atoms with Crippen LogP contribution in [0.3, 0.4) is 0 Å². The topological polar surface area (TPSA) is 45.5 Å². The molecular formula is C10H16N2O2. The van der Waals surface area contributed by atoms with Crippen LogP contribution in [-0.4, -0.2) is 50.0 Å². The summed E-state index contributed by atoms with van der Waals surface area (Å²) >= 11 is 0. The van der Waals surface area contributed by atoms with Crippen molar-refractivity contribution in [2.75, 3.05) is 33.4 Å². The molecule has 2 rings (SSSR count). The quantitative estimate of drug-likeness (QED) is 0.641. The first-order valence-corrected chi connectivity index (χ1v) is 5.07. The van der Waals surface area contributed by atoms with Crippen molar-refractivity contribution >= 4 is 0 Å². The molecule has 0 spiro atoms. The van der Waals surface area contributed by atoms with E-state index >= 15 is 0 Å². The number of rotatable bonds is 2. The zero-order valence-electron chi connectivity index (χ0n) is 8.53. The lowest BCUT2D eigenvalue weighted by Gasteiger charge is -2.50. The Morgan fingerprint density at radius 1 is 1.43 bits per heavy atom. The molecule has 0 aromatic heterocycles. The second-order valence-corrected chi connectivity index (χ2v) is 4.01. The molecular weight excluding hydrogens is 180 g/mol. The van der Waals surface area contributed by atoms with Crippen molar-refractivity contribution in [3.63, 3.8) is 0 Å². The van der Waals surface area contributed by atoms with Gasteiger partial charge in [0.05, 0.1) is 25.4 Å². The van der Waals surface area contributed by atoms with Crippen LogP contribution in [0.4, 0.5) is 0 Å². The number of ether oxygens (including phenoxy) is 2. The minimum atomic E-state index is -0.259. The molecule has 78 valence electrons. The Hall–Kier alpha value is -0.630. The van der Waals surface area contributed by atoms with Crippen LogP contribution in [0.5, 0.6) is 0 Å². The molecule has 1 aliphatic carbocycles. The van der Waals surface area contributed by atoms with E-state index in [0.717, 1.165) is 39.1 Å². The lowest BCUT2D eigenvalue weighted by atomic mass is 9.73. The van der Waals surface area contributed by atoms with Crippen molar-refractivity contribution in [2.45, 2.75) is 24.5 Å². The van der Waals surface area contributed by atoms with E-state index in [0.29, 0.717) is 0 Å². The predicted molar refractivity (Wildman–Crippen MR) is 50.8 cm³/mol. The van der Waals surface area contributed by atoms with E-state index in [1.807, 2.05) is 0 Å². The van der Waals surface area contributed by atoms with Crippen molar-refractivity contribution in [1.82, 2.24) is 4.90 Å². The van der Waals surface area contributed by atoms with Crippen LogP contribution >= 0.6 is 0 Å². The maximum absolute atomic E-state index is 9.21. The first-order valence-electron chi connectivity index (χ1n) is 5.07. The van der Waals surface area contributed by atoms with Gasteiger partial charge in [0.25, 0.3) is 0 Å². The normalized spacial score (nSPS) is 38.7. The van der Waals surface area contributed by atoms with Crippen molar-refractivity contribution in [3.8, 4) is 6.07 Å². The van der Waals surface area contributed by atoms with Crippen LogP contribution in [0, 0.1) is 11.3 Å². The SMILES string of the molecule is COC1CC(C#N)(N2CCOCC2)C1. The van der Waals surface area contributed by atoms with Gasteiger partial charge in [-0.25, -0.2) is 0 Å². The summed E-state index contributed by atoms with van der Waals surface area (Å²) < 4.78 is 10.5. The summed E-state index contributed by atoms with van der Waals surface area (Å²) in [6.07, 6.45) is 1.97. The standard InChI is InChI=1S/C10H16N2O2/c1-13-9-6-10(7-9,8-11)12-2-4-14-5-3-12/h9H,2-7H2,1H3. The van der Waals surface area contributed by atoms with Gasteiger partial charge in [-0.15, -0.1) is 0 Å². The molecule has 0 aromatic carbocycles. The molecule has 4 heteroatoms. The number of methoxy groups -OCH3 is 1. The third kappa shape index (κ3) is 1.52. The summed E-state index contributed by atoms with van der Waals surface area (Å²) in [6.45, 7) is 3.26. The fraction of sp³-hybridized carbons (Fsp3) is 0.900. The number of nitrogens with zero attached hydrogens (tertiary/aromatic N) is 2. The first kappa shape index (κ1) is 9.91. The Morgan fingerprint density at radius 3 is 2.57 bits per heavy atom. The van der Waals surface area contributed by atoms with Crippen molar-refractivity contribution in [3.05, 3.63) is 0 Å². The zero-order chi connectivity index (χ0) is 10.0. The Kier molecular flexibility index (Phi) is 2.73. The summed E-state index contributed by atoms with van der Waals surface area (Å²) in [7, 11) is 1.71. The van der Waals surface area contributed by atoms with Gasteiger partial charge >= 0.3 is 0 Å². The van der Waals surface area contributed by atoms with Crippen molar-refractivity contribution in [1.29, 1.82) is 5.26 Å². The predicted octanol–water partition coefficient (Wildman–Crippen LogP) is 0.390. The van der Waals surface area contributed by atoms with Crippen LogP contribution in [0.1, 0.15) is 12.8 Å². The molecule has 0 amide bonds. The van der Waals surface area contributed by atoms with Gasteiger partial charge in [0.1, 0.15) is 5.54 Å². The van der Waals surface area contributed by atoms with E-state index in [2.05, 4.69) is 11.0 Å². The van der Waals surface area contributed by atoms with Gasteiger partial charge in [-0.05, 0) is 0 Å². The van der Waals surface area contributed by atoms with Gasteiger partial charge in [0.15, 0.2) is 0 Å². The zero-order valence-corrected chi connectivity index (χ0v) is 8.53. The number of hydrogen-bond donors (Lipinski definition) is 0. The maximum Gasteiger partial charge on any atom is 0.114 e. The number of nitriles is 1. The molecule has 0 N–H and O–H groups in total. The highest BCUT2D eigenvalue weighted by atomic mass is 16.5. The molecule has 0 aromatic rings. The molecule has 2 aliphatic rings. The molecule has 0 unspecified atom stereocenters. The molecule has 1 saturated heterocycles. The van der Waals surface area contributed by atoms with E-state index in [-0.39, 0.29) is 11.6 Å². The van der Waals surface area contributed by atoms with Gasteiger partial charge in [-0.2, -0.15) is 5.26 Å². The molecule has 1 heterocycles. The van der Waals surface area contributed by atoms with Gasteiger partial charge in [-0.1, -0.05) is 0 Å². The highest BCUT2D eigenvalue weighted by molar-refractivity contribution is 5.17. The van der Waals surface area contributed by atoms with Gasteiger partial charge in [0.2, 0.25) is 0 Å². The summed E-state index contributed by atoms with van der Waals surface area (Å²) in [5.74, 6) is 0. The number of hydrogen-bond acceptors (Lipinski definition) is 4. The first-order chi connectivity index (χ1) is 6.80. The second kappa shape index (κ2) is 3.85. The van der Waals surface area contributed by atoms with Crippen LogP contribution in [0.2, 0.25) is 0 Å². The molecule has 0 atom stereocenters. The Labute approximate surface area is 84.4 Å². The van der Waals surface area contributed by atoms with Crippen molar-refractivity contribution < 1.29 is 9.47 Å². The van der Waals surface area contributed by atoms with Crippen molar-refractivity contribution in [2.24, 2.45) is 0 Å². The fourth-order valence-corrected chi connectivity index (χ4v) is 2.27. The molecule has 1 saturated carbocycles. The van der Waals surface area contributed by atoms with Crippen LogP contribution in [0.25, 0.3) is 0 Å². The Morgan fingerprint density at radius 2 is 2.07 bits per heavy atom. The Balaban J connectivity index is 1.97. The lowest BCUT2D eigenvalue weighted by molar-refractivity contribution is -0.0918. The average molecular weight is 196 g/mol. The van der Waals surface area contributed by atoms with Crippen LogP contribution in [0.15, 0.2) is 0 Å². The largest absolute Gasteiger partial charge is 0.381 e. The average Bonchev–Trinajstić information content (AvgIpc) is 2.19. The molecule has 0 bridgehead atoms. The summed E-state index contributed by atoms with van der Waals surface area (Å²) in [4.78, 5) is 2.24. The van der Waals surface area contributed by atoms with Gasteiger partial charge in [-0.3, -0.25) is 4.90 Å². The summed E-state index contributed by atoms with van der Waals surface area (Å²) in [5, 5.41) is 9.21. The maximum atomic E-state index is 9.21. The third-order valence-electron chi connectivity index (χ3n) is 3.29. The second-order valence-electron chi connectivity index (χ2n) is 4.01.